The number of hydrogen-bond donors (Lipinski definition) is 0. The van der Waals surface area contributed by atoms with Crippen molar-refractivity contribution in [3.63, 3.8) is 0 Å². The van der Waals surface area contributed by atoms with Gasteiger partial charge in [0.15, 0.2) is 0 Å². The van der Waals surface area contributed by atoms with Gasteiger partial charge in [0, 0.05) is 20.3 Å². The molecule has 0 saturated carbocycles. The average molecular weight is 351 g/mol. The van der Waals surface area contributed by atoms with Crippen LogP contribution in [0, 0.1) is 5.92 Å². The fourth-order valence-corrected chi connectivity index (χ4v) is 2.05. The van der Waals surface area contributed by atoms with Crippen LogP contribution in [-0.4, -0.2) is 57.0 Å². The number of amides is 1. The topological polar surface area (TPSA) is 48.0 Å². The summed E-state index contributed by atoms with van der Waals surface area (Å²) in [5, 5.41) is 0.511. The van der Waals surface area contributed by atoms with Crippen LogP contribution in [-0.2, 0) is 19.1 Å². The molecule has 1 amide bonds. The first-order valence-electron chi connectivity index (χ1n) is 8.38. The van der Waals surface area contributed by atoms with Crippen molar-refractivity contribution in [2.24, 2.45) is 5.92 Å². The van der Waals surface area contributed by atoms with Crippen LogP contribution in [0.15, 0.2) is 12.7 Å². The summed E-state index contributed by atoms with van der Waals surface area (Å²) in [5.74, 6) is -6.63. The van der Waals surface area contributed by atoms with Gasteiger partial charge in [-0.25, -0.2) is 5.06 Å². The molecule has 2 atom stereocenters. The number of hydrogen-bond acceptors (Lipinski definition) is 4. The standard InChI is InChI=1S/C17H31F2NO4/c1-6-9-11-23-13-15(24-12-10-7-2)14(8-3)17(18,19)16(21)20(4)22-5/h8,14-15H,3,6-7,9-13H2,1-2,4-5H3/t14-,15+/m1/s1. The van der Waals surface area contributed by atoms with E-state index in [1.165, 1.54) is 0 Å². The van der Waals surface area contributed by atoms with Crippen LogP contribution < -0.4 is 0 Å². The zero-order chi connectivity index (χ0) is 18.6. The largest absolute Gasteiger partial charge is 0.379 e. The molecule has 0 aromatic rings. The van der Waals surface area contributed by atoms with Crippen molar-refractivity contribution >= 4 is 5.91 Å². The fourth-order valence-electron chi connectivity index (χ4n) is 2.05. The van der Waals surface area contributed by atoms with Crippen molar-refractivity contribution in [3.05, 3.63) is 12.7 Å². The molecule has 0 aromatic heterocycles. The summed E-state index contributed by atoms with van der Waals surface area (Å²) < 4.78 is 40.2. The number of nitrogens with zero attached hydrogens (tertiary/aromatic N) is 1. The molecule has 0 unspecified atom stereocenters. The Kier molecular flexibility index (Phi) is 11.8. The second-order valence-corrected chi connectivity index (χ2v) is 5.56. The summed E-state index contributed by atoms with van der Waals surface area (Å²) >= 11 is 0. The zero-order valence-electron chi connectivity index (χ0n) is 15.2. The van der Waals surface area contributed by atoms with E-state index in [4.69, 9.17) is 9.47 Å². The van der Waals surface area contributed by atoms with E-state index in [9.17, 15) is 13.6 Å². The second-order valence-electron chi connectivity index (χ2n) is 5.56. The molecule has 0 saturated heterocycles. The van der Waals surface area contributed by atoms with Gasteiger partial charge >= 0.3 is 11.8 Å². The molecular formula is C17H31F2NO4. The Labute approximate surface area is 143 Å². The predicted octanol–water partition coefficient (Wildman–Crippen LogP) is 3.45. The fraction of sp³-hybridized carbons (Fsp3) is 0.824. The average Bonchev–Trinajstić information content (AvgIpc) is 2.57. The van der Waals surface area contributed by atoms with E-state index in [2.05, 4.69) is 11.4 Å². The molecule has 0 spiro atoms. The van der Waals surface area contributed by atoms with E-state index in [1.54, 1.807) is 0 Å². The molecule has 5 nitrogen and oxygen atoms in total. The van der Waals surface area contributed by atoms with Gasteiger partial charge in [0.05, 0.1) is 25.7 Å². The molecule has 7 heteroatoms. The molecule has 0 aromatic carbocycles. The first-order valence-corrected chi connectivity index (χ1v) is 8.38. The molecule has 0 rings (SSSR count). The molecular weight excluding hydrogens is 320 g/mol. The van der Waals surface area contributed by atoms with Crippen molar-refractivity contribution < 1.29 is 27.9 Å². The zero-order valence-corrected chi connectivity index (χ0v) is 15.2. The van der Waals surface area contributed by atoms with E-state index in [0.717, 1.165) is 45.9 Å². The van der Waals surface area contributed by atoms with Crippen molar-refractivity contribution in [1.29, 1.82) is 0 Å². The summed E-state index contributed by atoms with van der Waals surface area (Å²) in [6.45, 7) is 8.23. The highest BCUT2D eigenvalue weighted by Gasteiger charge is 2.51. The Morgan fingerprint density at radius 1 is 1.25 bits per heavy atom. The summed E-state index contributed by atoms with van der Waals surface area (Å²) in [4.78, 5) is 16.5. The minimum atomic E-state index is -3.70. The van der Waals surface area contributed by atoms with E-state index < -0.39 is 23.9 Å². The van der Waals surface area contributed by atoms with Gasteiger partial charge in [0.25, 0.3) is 0 Å². The smallest absolute Gasteiger partial charge is 0.335 e. The highest BCUT2D eigenvalue weighted by Crippen LogP contribution is 2.32. The molecule has 0 aliphatic carbocycles. The number of ether oxygens (including phenoxy) is 2. The molecule has 0 N–H and O–H groups in total. The van der Waals surface area contributed by atoms with Gasteiger partial charge in [-0.1, -0.05) is 32.8 Å². The molecule has 24 heavy (non-hydrogen) atoms. The van der Waals surface area contributed by atoms with E-state index in [0.29, 0.717) is 18.3 Å². The third kappa shape index (κ3) is 7.23. The van der Waals surface area contributed by atoms with Crippen molar-refractivity contribution in [1.82, 2.24) is 5.06 Å². The minimum Gasteiger partial charge on any atom is -0.379 e. The van der Waals surface area contributed by atoms with Crippen LogP contribution in [0.4, 0.5) is 8.78 Å². The number of halogens is 2. The Morgan fingerprint density at radius 3 is 2.33 bits per heavy atom. The minimum absolute atomic E-state index is 0.0139. The number of rotatable bonds is 14. The lowest BCUT2D eigenvalue weighted by atomic mass is 9.94. The Bertz CT molecular complexity index is 366. The third-order valence-electron chi connectivity index (χ3n) is 3.67. The summed E-state index contributed by atoms with van der Waals surface area (Å²) in [6, 6.07) is 0. The van der Waals surface area contributed by atoms with Crippen LogP contribution in [0.3, 0.4) is 0 Å². The van der Waals surface area contributed by atoms with Crippen molar-refractivity contribution in [2.45, 2.75) is 51.6 Å². The first-order chi connectivity index (χ1) is 11.4. The molecule has 0 radical (unpaired) electrons. The lowest BCUT2D eigenvalue weighted by Crippen LogP contribution is -2.50. The number of carbonyl (C=O) groups is 1. The van der Waals surface area contributed by atoms with Crippen LogP contribution in [0.25, 0.3) is 0 Å². The van der Waals surface area contributed by atoms with E-state index in [-0.39, 0.29) is 6.61 Å². The van der Waals surface area contributed by atoms with E-state index in [1.807, 2.05) is 13.8 Å². The van der Waals surface area contributed by atoms with Crippen molar-refractivity contribution in [2.75, 3.05) is 34.0 Å². The van der Waals surface area contributed by atoms with Gasteiger partial charge in [0.2, 0.25) is 0 Å². The Morgan fingerprint density at radius 2 is 1.83 bits per heavy atom. The molecule has 0 aliphatic heterocycles. The second kappa shape index (κ2) is 12.3. The lowest BCUT2D eigenvalue weighted by molar-refractivity contribution is -0.206. The maximum Gasteiger partial charge on any atom is 0.335 e. The van der Waals surface area contributed by atoms with Crippen LogP contribution >= 0.6 is 0 Å². The number of alkyl halides is 2. The first kappa shape index (κ1) is 22.9. The SMILES string of the molecule is C=C[C@H]([C@H](COCCCC)OCCCC)C(F)(F)C(=O)N(C)OC. The Balaban J connectivity index is 5.10. The van der Waals surface area contributed by atoms with Gasteiger partial charge < -0.3 is 9.47 Å². The quantitative estimate of drug-likeness (QED) is 0.273. The van der Waals surface area contributed by atoms with Gasteiger partial charge in [-0.15, -0.1) is 6.58 Å². The molecule has 0 aliphatic rings. The number of hydroxylamine groups is 2. The number of unbranched alkanes of at least 4 members (excludes halogenated alkanes) is 2. The van der Waals surface area contributed by atoms with Gasteiger partial charge in [-0.05, 0) is 12.8 Å². The molecule has 0 heterocycles. The summed E-state index contributed by atoms with van der Waals surface area (Å²) in [7, 11) is 2.29. The third-order valence-corrected chi connectivity index (χ3v) is 3.67. The maximum atomic E-state index is 14.6. The maximum absolute atomic E-state index is 14.6. The summed E-state index contributed by atoms with van der Waals surface area (Å²) in [6.07, 6.45) is 3.51. The molecule has 142 valence electrons. The van der Waals surface area contributed by atoms with Crippen LogP contribution in [0.5, 0.6) is 0 Å². The van der Waals surface area contributed by atoms with Crippen LogP contribution in [0.2, 0.25) is 0 Å². The normalized spacial score (nSPS) is 14.2. The number of carbonyl (C=O) groups excluding carboxylic acids is 1. The van der Waals surface area contributed by atoms with Gasteiger partial charge in [-0.2, -0.15) is 8.78 Å². The lowest BCUT2D eigenvalue weighted by Gasteiger charge is -2.32. The van der Waals surface area contributed by atoms with E-state index >= 15 is 0 Å². The molecule has 0 fully saturated rings. The Hall–Kier alpha value is -1.05. The predicted molar refractivity (Wildman–Crippen MR) is 88.8 cm³/mol. The summed E-state index contributed by atoms with van der Waals surface area (Å²) in [5.41, 5.74) is 0. The van der Waals surface area contributed by atoms with Crippen LogP contribution in [0.1, 0.15) is 39.5 Å². The van der Waals surface area contributed by atoms with Crippen molar-refractivity contribution in [3.8, 4) is 0 Å². The highest BCUT2D eigenvalue weighted by molar-refractivity contribution is 5.83. The highest BCUT2D eigenvalue weighted by atomic mass is 19.3. The van der Waals surface area contributed by atoms with Gasteiger partial charge in [0.1, 0.15) is 0 Å². The van der Waals surface area contributed by atoms with Gasteiger partial charge in [-0.3, -0.25) is 9.63 Å². The monoisotopic (exact) mass is 351 g/mol. The molecule has 0 bridgehead atoms.